The molecule has 0 aliphatic carbocycles. The molecule has 0 bridgehead atoms. The minimum absolute atomic E-state index is 0. The first-order chi connectivity index (χ1) is 8.61. The van der Waals surface area contributed by atoms with Gasteiger partial charge in [-0.3, -0.25) is 4.79 Å². The quantitative estimate of drug-likeness (QED) is 0.852. The van der Waals surface area contributed by atoms with Crippen LogP contribution in [0.5, 0.6) is 0 Å². The summed E-state index contributed by atoms with van der Waals surface area (Å²) in [5.41, 5.74) is 6.27. The zero-order valence-electron chi connectivity index (χ0n) is 11.3. The van der Waals surface area contributed by atoms with Crippen LogP contribution in [0.1, 0.15) is 30.3 Å². The summed E-state index contributed by atoms with van der Waals surface area (Å²) >= 11 is 3.32. The molecule has 1 amide bonds. The summed E-state index contributed by atoms with van der Waals surface area (Å²) in [6, 6.07) is 3.73. The Morgan fingerprint density at radius 2 is 2.20 bits per heavy atom. The Balaban J connectivity index is 0.00000180. The van der Waals surface area contributed by atoms with Gasteiger partial charge in [0.15, 0.2) is 0 Å². The highest BCUT2D eigenvalue weighted by Gasteiger charge is 2.29. The second kappa shape index (κ2) is 8.82. The van der Waals surface area contributed by atoms with Crippen LogP contribution in [0.15, 0.2) is 22.8 Å². The molecule has 2 N–H and O–H groups in total. The van der Waals surface area contributed by atoms with E-state index in [1.165, 1.54) is 0 Å². The van der Waals surface area contributed by atoms with Gasteiger partial charge < -0.3 is 10.6 Å². The lowest BCUT2D eigenvalue weighted by molar-refractivity contribution is 0.0567. The van der Waals surface area contributed by atoms with Crippen LogP contribution in [0.25, 0.3) is 0 Å². The molecule has 1 fully saturated rings. The van der Waals surface area contributed by atoms with Crippen LogP contribution < -0.4 is 5.73 Å². The highest BCUT2D eigenvalue weighted by molar-refractivity contribution is 9.10. The number of hydrogen-bond donors (Lipinski definition) is 1. The number of pyridine rings is 1. The molecule has 0 radical (unpaired) electrons. The number of aromatic nitrogens is 1. The second-order valence-corrected chi connectivity index (χ2v) is 5.79. The van der Waals surface area contributed by atoms with Crippen molar-refractivity contribution in [3.63, 3.8) is 0 Å². The summed E-state index contributed by atoms with van der Waals surface area (Å²) in [4.78, 5) is 18.4. The summed E-state index contributed by atoms with van der Waals surface area (Å²) in [5.74, 6) is 0.630. The predicted octanol–water partition coefficient (Wildman–Crippen LogP) is 2.89. The van der Waals surface area contributed by atoms with Crippen LogP contribution in [0.3, 0.4) is 0 Å². The van der Waals surface area contributed by atoms with E-state index in [-0.39, 0.29) is 36.8 Å². The largest absolute Gasteiger partial charge is 0.333 e. The number of likely N-dealkylation sites (tertiary alicyclic amines) is 1. The number of piperidine rings is 1. The number of carbonyl (C=O) groups is 1. The van der Waals surface area contributed by atoms with E-state index >= 15 is 0 Å². The van der Waals surface area contributed by atoms with Crippen LogP contribution >= 0.6 is 40.7 Å². The van der Waals surface area contributed by atoms with Gasteiger partial charge in [0.2, 0.25) is 0 Å². The molecule has 0 spiro atoms. The highest BCUT2D eigenvalue weighted by atomic mass is 79.9. The minimum atomic E-state index is -0.00940. The van der Waals surface area contributed by atoms with Gasteiger partial charge in [-0.15, -0.1) is 24.8 Å². The average molecular weight is 385 g/mol. The molecule has 114 valence electrons. The van der Waals surface area contributed by atoms with Gasteiger partial charge in [-0.05, 0) is 46.8 Å². The van der Waals surface area contributed by atoms with Gasteiger partial charge >= 0.3 is 0 Å². The minimum Gasteiger partial charge on any atom is -0.333 e. The molecule has 1 saturated heterocycles. The van der Waals surface area contributed by atoms with Gasteiger partial charge in [0.05, 0.1) is 0 Å². The maximum Gasteiger partial charge on any atom is 0.272 e. The van der Waals surface area contributed by atoms with Gasteiger partial charge in [-0.2, -0.15) is 0 Å². The maximum atomic E-state index is 12.4. The molecular weight excluding hydrogens is 365 g/mol. The summed E-state index contributed by atoms with van der Waals surface area (Å²) < 4.78 is 0.877. The van der Waals surface area contributed by atoms with E-state index < -0.39 is 0 Å². The van der Waals surface area contributed by atoms with Crippen LogP contribution in [0.4, 0.5) is 0 Å². The Morgan fingerprint density at radius 1 is 1.50 bits per heavy atom. The molecule has 1 aliphatic heterocycles. The van der Waals surface area contributed by atoms with Gasteiger partial charge in [0.1, 0.15) is 5.69 Å². The maximum absolute atomic E-state index is 12.4. The summed E-state index contributed by atoms with van der Waals surface area (Å²) in [6.45, 7) is 3.51. The number of carbonyl (C=O) groups excluding carboxylic acids is 1. The first-order valence-electron chi connectivity index (χ1n) is 6.24. The number of amides is 1. The summed E-state index contributed by atoms with van der Waals surface area (Å²) in [6.07, 6.45) is 3.68. The van der Waals surface area contributed by atoms with Gasteiger partial charge in [0.25, 0.3) is 5.91 Å². The van der Waals surface area contributed by atoms with Crippen LogP contribution in [0, 0.1) is 5.92 Å². The van der Waals surface area contributed by atoms with Crippen molar-refractivity contribution in [3.05, 3.63) is 28.5 Å². The van der Waals surface area contributed by atoms with E-state index in [2.05, 4.69) is 27.8 Å². The normalized spacial score (nSPS) is 21.6. The first kappa shape index (κ1) is 19.6. The summed E-state index contributed by atoms with van der Waals surface area (Å²) in [7, 11) is 0. The molecule has 1 aliphatic rings. The van der Waals surface area contributed by atoms with E-state index in [1.807, 2.05) is 11.0 Å². The number of nitrogens with two attached hydrogens (primary N) is 1. The van der Waals surface area contributed by atoms with Crippen LogP contribution in [-0.2, 0) is 0 Å². The van der Waals surface area contributed by atoms with Gasteiger partial charge in [-0.25, -0.2) is 4.98 Å². The second-order valence-electron chi connectivity index (χ2n) is 4.88. The molecule has 0 aromatic carbocycles. The molecule has 2 rings (SSSR count). The molecule has 2 unspecified atom stereocenters. The Bertz CT molecular complexity index is 430. The Labute approximate surface area is 140 Å². The van der Waals surface area contributed by atoms with E-state index in [4.69, 9.17) is 5.73 Å². The van der Waals surface area contributed by atoms with Crippen molar-refractivity contribution in [2.24, 2.45) is 11.7 Å². The Hall–Kier alpha value is -0.360. The van der Waals surface area contributed by atoms with Gasteiger partial charge in [0, 0.05) is 29.8 Å². The average Bonchev–Trinajstić information content (AvgIpc) is 2.38. The highest BCUT2D eigenvalue weighted by Crippen LogP contribution is 2.23. The van der Waals surface area contributed by atoms with Crippen molar-refractivity contribution in [1.82, 2.24) is 9.88 Å². The third-order valence-corrected chi connectivity index (χ3v) is 3.93. The molecule has 20 heavy (non-hydrogen) atoms. The number of halogens is 3. The van der Waals surface area contributed by atoms with Crippen molar-refractivity contribution in [1.29, 1.82) is 0 Å². The standard InChI is InChI=1S/C13H18BrN3O.2ClH/c1-9-4-5-17(11(6-9)7-15)13(18)12-3-2-10(14)8-16-12;;/h2-3,8-9,11H,4-7,15H2,1H3;2*1H. The smallest absolute Gasteiger partial charge is 0.272 e. The van der Waals surface area contributed by atoms with Crippen LogP contribution in [-0.4, -0.2) is 34.9 Å². The molecule has 7 heteroatoms. The fraction of sp³-hybridized carbons (Fsp3) is 0.538. The fourth-order valence-electron chi connectivity index (χ4n) is 2.39. The zero-order chi connectivity index (χ0) is 13.1. The SMILES string of the molecule is CC1CCN(C(=O)c2ccc(Br)cn2)C(CN)C1.Cl.Cl. The van der Waals surface area contributed by atoms with Crippen molar-refractivity contribution >= 4 is 46.7 Å². The van der Waals surface area contributed by atoms with Crippen molar-refractivity contribution in [2.75, 3.05) is 13.1 Å². The molecule has 1 aromatic rings. The molecule has 4 nitrogen and oxygen atoms in total. The predicted molar refractivity (Wildman–Crippen MR) is 88.7 cm³/mol. The number of rotatable bonds is 2. The van der Waals surface area contributed by atoms with E-state index in [9.17, 15) is 4.79 Å². The topological polar surface area (TPSA) is 59.2 Å². The lowest BCUT2D eigenvalue weighted by atomic mass is 9.92. The Kier molecular flexibility index (Phi) is 8.66. The zero-order valence-corrected chi connectivity index (χ0v) is 14.5. The Morgan fingerprint density at radius 3 is 2.75 bits per heavy atom. The van der Waals surface area contributed by atoms with Crippen molar-refractivity contribution in [2.45, 2.75) is 25.8 Å². The van der Waals surface area contributed by atoms with E-state index in [0.717, 1.165) is 23.9 Å². The summed E-state index contributed by atoms with van der Waals surface area (Å²) in [5, 5.41) is 0. The number of nitrogens with zero attached hydrogens (tertiary/aromatic N) is 2. The third kappa shape index (κ3) is 4.58. The van der Waals surface area contributed by atoms with E-state index in [0.29, 0.717) is 18.2 Å². The van der Waals surface area contributed by atoms with Gasteiger partial charge in [-0.1, -0.05) is 6.92 Å². The molecule has 1 aromatic heterocycles. The lowest BCUT2D eigenvalue weighted by Gasteiger charge is -2.37. The first-order valence-corrected chi connectivity index (χ1v) is 7.03. The van der Waals surface area contributed by atoms with Crippen molar-refractivity contribution in [3.8, 4) is 0 Å². The number of hydrogen-bond acceptors (Lipinski definition) is 3. The van der Waals surface area contributed by atoms with Crippen LogP contribution in [0.2, 0.25) is 0 Å². The molecule has 0 saturated carbocycles. The lowest BCUT2D eigenvalue weighted by Crippen LogP contribution is -2.49. The molecule has 2 heterocycles. The van der Waals surface area contributed by atoms with E-state index in [1.54, 1.807) is 12.3 Å². The third-order valence-electron chi connectivity index (χ3n) is 3.46. The fourth-order valence-corrected chi connectivity index (χ4v) is 2.63. The molecular formula is C13H20BrCl2N3O. The van der Waals surface area contributed by atoms with Crippen molar-refractivity contribution < 1.29 is 4.79 Å². The molecule has 2 atom stereocenters. The monoisotopic (exact) mass is 383 g/mol.